The van der Waals surface area contributed by atoms with Gasteiger partial charge in [-0.25, -0.2) is 4.79 Å². The van der Waals surface area contributed by atoms with Gasteiger partial charge in [0.2, 0.25) is 0 Å². The number of ether oxygens (including phenoxy) is 1. The fourth-order valence-corrected chi connectivity index (χ4v) is 2.73. The van der Waals surface area contributed by atoms with Gasteiger partial charge < -0.3 is 4.74 Å². The topological polar surface area (TPSA) is 43.4 Å². The Bertz CT molecular complexity index is 440. The molecule has 1 aliphatic heterocycles. The van der Waals surface area contributed by atoms with Gasteiger partial charge in [-0.2, -0.15) is 0 Å². The first-order valence-electron chi connectivity index (χ1n) is 5.19. The Labute approximate surface area is 98.2 Å². The molecule has 0 spiro atoms. The number of esters is 1. The van der Waals surface area contributed by atoms with Crippen molar-refractivity contribution in [3.05, 3.63) is 29.3 Å². The van der Waals surface area contributed by atoms with Crippen LogP contribution in [0.4, 0.5) is 0 Å². The maximum absolute atomic E-state index is 11.7. The SMILES string of the molecule is CCOC(=O)C(=O)c1ccc2c(c1)SCC2. The van der Waals surface area contributed by atoms with Crippen molar-refractivity contribution in [3.63, 3.8) is 0 Å². The highest BCUT2D eigenvalue weighted by atomic mass is 32.2. The summed E-state index contributed by atoms with van der Waals surface area (Å²) in [5, 5.41) is 0. The van der Waals surface area contributed by atoms with Crippen LogP contribution in [-0.4, -0.2) is 24.1 Å². The molecule has 0 atom stereocenters. The van der Waals surface area contributed by atoms with E-state index in [0.29, 0.717) is 5.56 Å². The smallest absolute Gasteiger partial charge is 0.379 e. The summed E-state index contributed by atoms with van der Waals surface area (Å²) in [7, 11) is 0. The number of rotatable bonds is 3. The molecule has 0 aromatic heterocycles. The van der Waals surface area contributed by atoms with Crippen LogP contribution in [0.1, 0.15) is 22.8 Å². The van der Waals surface area contributed by atoms with E-state index in [1.54, 1.807) is 30.8 Å². The monoisotopic (exact) mass is 236 g/mol. The van der Waals surface area contributed by atoms with Gasteiger partial charge in [0.05, 0.1) is 6.61 Å². The number of hydrogen-bond acceptors (Lipinski definition) is 4. The first-order valence-corrected chi connectivity index (χ1v) is 6.18. The van der Waals surface area contributed by atoms with E-state index in [2.05, 4.69) is 4.74 Å². The highest BCUT2D eigenvalue weighted by molar-refractivity contribution is 7.99. The number of hydrogen-bond donors (Lipinski definition) is 0. The summed E-state index contributed by atoms with van der Waals surface area (Å²) < 4.78 is 4.68. The van der Waals surface area contributed by atoms with Gasteiger partial charge in [0.1, 0.15) is 0 Å². The summed E-state index contributed by atoms with van der Waals surface area (Å²) in [6.07, 6.45) is 1.04. The molecule has 0 saturated carbocycles. The number of carbonyl (C=O) groups excluding carboxylic acids is 2. The Kier molecular flexibility index (Phi) is 3.29. The zero-order chi connectivity index (χ0) is 11.5. The fourth-order valence-electron chi connectivity index (χ4n) is 1.62. The van der Waals surface area contributed by atoms with Gasteiger partial charge in [-0.05, 0) is 25.0 Å². The lowest BCUT2D eigenvalue weighted by Crippen LogP contribution is -2.17. The average Bonchev–Trinajstić information content (AvgIpc) is 2.75. The molecule has 0 bridgehead atoms. The molecular formula is C12H12O3S. The van der Waals surface area contributed by atoms with Gasteiger partial charge in [-0.1, -0.05) is 12.1 Å². The van der Waals surface area contributed by atoms with Crippen molar-refractivity contribution in [3.8, 4) is 0 Å². The number of ketones is 1. The zero-order valence-electron chi connectivity index (χ0n) is 8.99. The van der Waals surface area contributed by atoms with Gasteiger partial charge >= 0.3 is 5.97 Å². The molecule has 0 N–H and O–H groups in total. The molecule has 1 aromatic carbocycles. The molecule has 0 amide bonds. The van der Waals surface area contributed by atoms with E-state index in [4.69, 9.17) is 0 Å². The van der Waals surface area contributed by atoms with Gasteiger partial charge in [0.25, 0.3) is 5.78 Å². The predicted octanol–water partition coefficient (Wildman–Crippen LogP) is 2.08. The van der Waals surface area contributed by atoms with Gasteiger partial charge in [-0.15, -0.1) is 11.8 Å². The summed E-state index contributed by atoms with van der Waals surface area (Å²) in [5.41, 5.74) is 1.68. The molecule has 16 heavy (non-hydrogen) atoms. The van der Waals surface area contributed by atoms with E-state index in [9.17, 15) is 9.59 Å². The number of benzene rings is 1. The summed E-state index contributed by atoms with van der Waals surface area (Å²) >= 11 is 1.72. The highest BCUT2D eigenvalue weighted by Crippen LogP contribution is 2.31. The normalized spacial score (nSPS) is 13.3. The molecule has 84 valence electrons. The van der Waals surface area contributed by atoms with Gasteiger partial charge in [0.15, 0.2) is 0 Å². The third kappa shape index (κ3) is 2.11. The average molecular weight is 236 g/mol. The minimum absolute atomic E-state index is 0.226. The minimum atomic E-state index is -0.773. The Hall–Kier alpha value is -1.29. The van der Waals surface area contributed by atoms with Crippen LogP contribution < -0.4 is 0 Å². The van der Waals surface area contributed by atoms with Crippen molar-refractivity contribution >= 4 is 23.5 Å². The van der Waals surface area contributed by atoms with Crippen LogP contribution in [-0.2, 0) is 16.0 Å². The molecular weight excluding hydrogens is 224 g/mol. The van der Waals surface area contributed by atoms with Crippen LogP contribution >= 0.6 is 11.8 Å². The summed E-state index contributed by atoms with van der Waals surface area (Å²) in [6.45, 7) is 1.91. The van der Waals surface area contributed by atoms with Gasteiger partial charge in [-0.3, -0.25) is 4.79 Å². The van der Waals surface area contributed by atoms with Crippen molar-refractivity contribution in [2.45, 2.75) is 18.2 Å². The van der Waals surface area contributed by atoms with Crippen LogP contribution in [0.5, 0.6) is 0 Å². The Balaban J connectivity index is 2.21. The highest BCUT2D eigenvalue weighted by Gasteiger charge is 2.20. The summed E-state index contributed by atoms with van der Waals surface area (Å²) in [4.78, 5) is 24.0. The number of carbonyl (C=O) groups is 2. The van der Waals surface area contributed by atoms with Crippen LogP contribution in [0, 0.1) is 0 Å². The third-order valence-corrected chi connectivity index (χ3v) is 3.52. The fraction of sp³-hybridized carbons (Fsp3) is 0.333. The minimum Gasteiger partial charge on any atom is -0.460 e. The predicted molar refractivity (Wildman–Crippen MR) is 61.8 cm³/mol. The maximum Gasteiger partial charge on any atom is 0.379 e. The first-order chi connectivity index (χ1) is 7.72. The molecule has 3 nitrogen and oxygen atoms in total. The second kappa shape index (κ2) is 4.70. The first kappa shape index (κ1) is 11.2. The summed E-state index contributed by atoms with van der Waals surface area (Å²) in [6, 6.07) is 5.40. The number of aryl methyl sites for hydroxylation is 1. The van der Waals surface area contributed by atoms with E-state index in [0.717, 1.165) is 17.1 Å². The van der Waals surface area contributed by atoms with E-state index >= 15 is 0 Å². The van der Waals surface area contributed by atoms with Crippen molar-refractivity contribution in [2.24, 2.45) is 0 Å². The van der Waals surface area contributed by atoms with E-state index in [1.165, 1.54) is 5.56 Å². The molecule has 0 fully saturated rings. The Morgan fingerprint density at radius 1 is 1.44 bits per heavy atom. The van der Waals surface area contributed by atoms with Crippen LogP contribution in [0.15, 0.2) is 23.1 Å². The second-order valence-corrected chi connectivity index (χ2v) is 4.61. The summed E-state index contributed by atoms with van der Waals surface area (Å²) in [5.74, 6) is -0.283. The molecule has 0 radical (unpaired) electrons. The molecule has 0 saturated heterocycles. The van der Waals surface area contributed by atoms with Gasteiger partial charge in [0, 0.05) is 16.2 Å². The molecule has 1 heterocycles. The standard InChI is InChI=1S/C12H12O3S/c1-2-15-12(14)11(13)9-4-3-8-5-6-16-10(8)7-9/h3-4,7H,2,5-6H2,1H3. The van der Waals surface area contributed by atoms with Crippen molar-refractivity contribution < 1.29 is 14.3 Å². The van der Waals surface area contributed by atoms with Crippen LogP contribution in [0.2, 0.25) is 0 Å². The number of Topliss-reactive ketones (excluding diaryl/α,β-unsaturated/α-hetero) is 1. The molecule has 4 heteroatoms. The van der Waals surface area contributed by atoms with Crippen LogP contribution in [0.25, 0.3) is 0 Å². The lowest BCUT2D eigenvalue weighted by molar-refractivity contribution is -0.137. The van der Waals surface area contributed by atoms with Crippen molar-refractivity contribution in [1.82, 2.24) is 0 Å². The Morgan fingerprint density at radius 2 is 2.25 bits per heavy atom. The zero-order valence-corrected chi connectivity index (χ0v) is 9.80. The Morgan fingerprint density at radius 3 is 3.00 bits per heavy atom. The van der Waals surface area contributed by atoms with Crippen molar-refractivity contribution in [1.29, 1.82) is 0 Å². The lowest BCUT2D eigenvalue weighted by atomic mass is 10.1. The molecule has 1 aliphatic rings. The second-order valence-electron chi connectivity index (χ2n) is 3.47. The van der Waals surface area contributed by atoms with E-state index in [1.807, 2.05) is 6.07 Å². The van der Waals surface area contributed by atoms with E-state index < -0.39 is 11.8 Å². The number of thioether (sulfide) groups is 1. The largest absolute Gasteiger partial charge is 0.460 e. The van der Waals surface area contributed by atoms with Crippen LogP contribution in [0.3, 0.4) is 0 Å². The molecule has 1 aromatic rings. The molecule has 0 aliphatic carbocycles. The lowest BCUT2D eigenvalue weighted by Gasteiger charge is -2.03. The third-order valence-electron chi connectivity index (χ3n) is 2.42. The van der Waals surface area contributed by atoms with E-state index in [-0.39, 0.29) is 6.61 Å². The molecule has 0 unspecified atom stereocenters. The maximum atomic E-state index is 11.7. The quantitative estimate of drug-likeness (QED) is 0.458. The molecule has 2 rings (SSSR count). The number of fused-ring (bicyclic) bond motifs is 1. The van der Waals surface area contributed by atoms with Crippen molar-refractivity contribution in [2.75, 3.05) is 12.4 Å².